The lowest BCUT2D eigenvalue weighted by Gasteiger charge is -2.17. The van der Waals surface area contributed by atoms with Gasteiger partial charge in [-0.15, -0.1) is 0 Å². The molecular weight excluding hydrogens is 384 g/mol. The first-order chi connectivity index (χ1) is 13.7. The second-order valence-corrected chi connectivity index (χ2v) is 6.92. The van der Waals surface area contributed by atoms with Gasteiger partial charge >= 0.3 is 5.97 Å². The number of ether oxygens (including phenoxy) is 3. The Bertz CT molecular complexity index is 794. The summed E-state index contributed by atoms with van der Waals surface area (Å²) < 4.78 is 15.2. The number of ketones is 1. The van der Waals surface area contributed by atoms with Gasteiger partial charge in [-0.2, -0.15) is 0 Å². The maximum Gasteiger partial charge on any atom is 0.307 e. The van der Waals surface area contributed by atoms with Crippen LogP contribution in [0.25, 0.3) is 0 Å². The number of nitro groups is 1. The monoisotopic (exact) mass is 408 g/mol. The van der Waals surface area contributed by atoms with Crippen LogP contribution >= 0.6 is 0 Å². The predicted octanol–water partition coefficient (Wildman–Crippen LogP) is 1.69. The molecule has 1 amide bonds. The molecule has 0 saturated heterocycles. The van der Waals surface area contributed by atoms with Crippen LogP contribution in [0.2, 0.25) is 0 Å². The van der Waals surface area contributed by atoms with Crippen molar-refractivity contribution in [2.24, 2.45) is 17.8 Å². The molecule has 1 aromatic carbocycles. The number of carbonyl (C=O) groups is 3. The summed E-state index contributed by atoms with van der Waals surface area (Å²) in [5.41, 5.74) is 0.426. The highest BCUT2D eigenvalue weighted by atomic mass is 16.6. The Morgan fingerprint density at radius 3 is 2.55 bits per heavy atom. The summed E-state index contributed by atoms with van der Waals surface area (Å²) in [6.45, 7) is 0.849. The molecule has 3 atom stereocenters. The third-order valence-electron chi connectivity index (χ3n) is 4.96. The molecule has 0 unspecified atom stereocenters. The Labute approximate surface area is 167 Å². The van der Waals surface area contributed by atoms with Crippen molar-refractivity contribution >= 4 is 23.3 Å². The van der Waals surface area contributed by atoms with E-state index in [1.54, 1.807) is 25.1 Å². The summed E-state index contributed by atoms with van der Waals surface area (Å²) in [4.78, 5) is 46.5. The van der Waals surface area contributed by atoms with Crippen molar-refractivity contribution in [3.8, 4) is 11.5 Å². The molecular formula is C19H24N2O8. The van der Waals surface area contributed by atoms with Crippen molar-refractivity contribution in [2.75, 3.05) is 32.7 Å². The maximum atomic E-state index is 12.1. The topological polar surface area (TPSA) is 134 Å². The zero-order valence-electron chi connectivity index (χ0n) is 16.5. The molecule has 1 fully saturated rings. The van der Waals surface area contributed by atoms with E-state index in [4.69, 9.17) is 14.2 Å². The summed E-state index contributed by atoms with van der Waals surface area (Å²) in [5, 5.41) is 13.4. The molecule has 10 heteroatoms. The van der Waals surface area contributed by atoms with E-state index < -0.39 is 35.2 Å². The van der Waals surface area contributed by atoms with Crippen LogP contribution in [0.5, 0.6) is 11.5 Å². The fraction of sp³-hybridized carbons (Fsp3) is 0.526. The van der Waals surface area contributed by atoms with Gasteiger partial charge in [0.05, 0.1) is 20.6 Å². The van der Waals surface area contributed by atoms with Crippen molar-refractivity contribution in [1.82, 2.24) is 0 Å². The Kier molecular flexibility index (Phi) is 7.52. The number of Topliss-reactive ketones (excluding diaryl/α,β-unsaturated/α-hetero) is 1. The van der Waals surface area contributed by atoms with Gasteiger partial charge in [0.15, 0.2) is 18.1 Å². The molecule has 29 heavy (non-hydrogen) atoms. The van der Waals surface area contributed by atoms with Crippen LogP contribution in [-0.4, -0.2) is 50.0 Å². The number of benzene rings is 1. The Morgan fingerprint density at radius 2 is 1.93 bits per heavy atom. The average Bonchev–Trinajstić information content (AvgIpc) is 2.92. The van der Waals surface area contributed by atoms with E-state index in [1.165, 1.54) is 14.2 Å². The molecule has 0 aromatic heterocycles. The highest BCUT2D eigenvalue weighted by Crippen LogP contribution is 2.36. The second kappa shape index (κ2) is 9.85. The van der Waals surface area contributed by atoms with Gasteiger partial charge in [-0.25, -0.2) is 0 Å². The first-order valence-corrected chi connectivity index (χ1v) is 9.07. The van der Waals surface area contributed by atoms with E-state index in [0.29, 0.717) is 17.2 Å². The average molecular weight is 408 g/mol. The lowest BCUT2D eigenvalue weighted by atomic mass is 9.88. The molecule has 1 aromatic rings. The van der Waals surface area contributed by atoms with Crippen LogP contribution < -0.4 is 14.8 Å². The third kappa shape index (κ3) is 5.90. The molecule has 0 heterocycles. The highest BCUT2D eigenvalue weighted by Gasteiger charge is 2.44. The predicted molar refractivity (Wildman–Crippen MR) is 101 cm³/mol. The van der Waals surface area contributed by atoms with Gasteiger partial charge in [-0.05, 0) is 18.1 Å². The fourth-order valence-corrected chi connectivity index (χ4v) is 3.50. The molecule has 0 aliphatic heterocycles. The second-order valence-electron chi connectivity index (χ2n) is 6.92. The number of nitrogens with zero attached hydrogens (tertiary/aromatic N) is 1. The number of esters is 1. The van der Waals surface area contributed by atoms with Crippen molar-refractivity contribution < 1.29 is 33.5 Å². The maximum absolute atomic E-state index is 12.1. The Balaban J connectivity index is 1.87. The van der Waals surface area contributed by atoms with Gasteiger partial charge in [0.25, 0.3) is 5.91 Å². The molecule has 1 saturated carbocycles. The first-order valence-electron chi connectivity index (χ1n) is 9.07. The van der Waals surface area contributed by atoms with Gasteiger partial charge in [-0.1, -0.05) is 6.92 Å². The smallest absolute Gasteiger partial charge is 0.307 e. The minimum absolute atomic E-state index is 0.168. The molecule has 1 aliphatic carbocycles. The van der Waals surface area contributed by atoms with E-state index in [9.17, 15) is 24.5 Å². The van der Waals surface area contributed by atoms with Crippen LogP contribution in [0.1, 0.15) is 19.8 Å². The van der Waals surface area contributed by atoms with E-state index in [1.807, 2.05) is 0 Å². The summed E-state index contributed by atoms with van der Waals surface area (Å²) in [5.74, 6) is -2.01. The van der Waals surface area contributed by atoms with Crippen molar-refractivity contribution in [3.63, 3.8) is 0 Å². The number of carbonyl (C=O) groups excluding carboxylic acids is 3. The highest BCUT2D eigenvalue weighted by molar-refractivity contribution is 5.93. The van der Waals surface area contributed by atoms with Crippen LogP contribution in [0.3, 0.4) is 0 Å². The SMILES string of the molecule is COc1ccc(NC(=O)COC(=O)C[C@@H]2C(=O)C[C@@H](C)[C@H]2C[N+](=O)[O-])cc1OC. The summed E-state index contributed by atoms with van der Waals surface area (Å²) >= 11 is 0. The molecule has 158 valence electrons. The van der Waals surface area contributed by atoms with E-state index >= 15 is 0 Å². The number of hydrogen-bond acceptors (Lipinski definition) is 8. The fourth-order valence-electron chi connectivity index (χ4n) is 3.50. The van der Waals surface area contributed by atoms with E-state index in [0.717, 1.165) is 0 Å². The lowest BCUT2D eigenvalue weighted by Crippen LogP contribution is -2.28. The number of hydrogen-bond donors (Lipinski definition) is 1. The summed E-state index contributed by atoms with van der Waals surface area (Å²) in [6.07, 6.45) is -0.0679. The van der Waals surface area contributed by atoms with Gasteiger partial charge in [-0.3, -0.25) is 24.5 Å². The molecule has 2 rings (SSSR count). The van der Waals surface area contributed by atoms with Gasteiger partial charge in [0, 0.05) is 34.9 Å². The molecule has 10 nitrogen and oxygen atoms in total. The number of nitrogens with one attached hydrogen (secondary N) is 1. The van der Waals surface area contributed by atoms with Crippen LogP contribution in [0, 0.1) is 27.9 Å². The number of rotatable bonds is 9. The van der Waals surface area contributed by atoms with Crippen LogP contribution in [0.15, 0.2) is 18.2 Å². The van der Waals surface area contributed by atoms with E-state index in [-0.39, 0.29) is 31.1 Å². The van der Waals surface area contributed by atoms with Crippen molar-refractivity contribution in [2.45, 2.75) is 19.8 Å². The summed E-state index contributed by atoms with van der Waals surface area (Å²) in [6, 6.07) is 4.77. The van der Waals surface area contributed by atoms with Gasteiger partial charge in [0.2, 0.25) is 6.54 Å². The number of methoxy groups -OCH3 is 2. The van der Waals surface area contributed by atoms with Gasteiger partial charge < -0.3 is 19.5 Å². The third-order valence-corrected chi connectivity index (χ3v) is 4.96. The lowest BCUT2D eigenvalue weighted by molar-refractivity contribution is -0.490. The Morgan fingerprint density at radius 1 is 1.24 bits per heavy atom. The minimum Gasteiger partial charge on any atom is -0.493 e. The minimum atomic E-state index is -0.753. The van der Waals surface area contributed by atoms with Crippen molar-refractivity contribution in [1.29, 1.82) is 0 Å². The van der Waals surface area contributed by atoms with Crippen molar-refractivity contribution in [3.05, 3.63) is 28.3 Å². The first kappa shape index (κ1) is 22.1. The summed E-state index contributed by atoms with van der Waals surface area (Å²) in [7, 11) is 2.95. The zero-order valence-corrected chi connectivity index (χ0v) is 16.5. The number of anilines is 1. The van der Waals surface area contributed by atoms with Gasteiger partial charge in [0.1, 0.15) is 5.78 Å². The molecule has 0 bridgehead atoms. The number of amides is 1. The normalized spacial score (nSPS) is 20.8. The molecule has 0 spiro atoms. The quantitative estimate of drug-likeness (QED) is 0.371. The van der Waals surface area contributed by atoms with Crippen LogP contribution in [0.4, 0.5) is 5.69 Å². The molecule has 0 radical (unpaired) electrons. The zero-order chi connectivity index (χ0) is 21.6. The van der Waals surface area contributed by atoms with E-state index in [2.05, 4.69) is 5.32 Å². The molecule has 1 N–H and O–H groups in total. The largest absolute Gasteiger partial charge is 0.493 e. The molecule has 1 aliphatic rings. The van der Waals surface area contributed by atoms with Crippen LogP contribution in [-0.2, 0) is 19.1 Å². The Hall–Kier alpha value is -3.17. The standard InChI is InChI=1S/C19H24N2O8/c1-11-6-15(22)13(14(11)9-21(25)26)8-19(24)29-10-18(23)20-12-4-5-16(27-2)17(7-12)28-3/h4-5,7,11,13-14H,6,8-10H2,1-3H3,(H,20,23)/t11-,13+,14-/m1/s1.